The Morgan fingerprint density at radius 3 is 2.60 bits per heavy atom. The molecule has 0 bridgehead atoms. The first-order valence-corrected chi connectivity index (χ1v) is 2.23. The molecular weight excluding hydrogens is 140 g/mol. The van der Waals surface area contributed by atoms with Crippen LogP contribution in [0.5, 0.6) is 0 Å². The van der Waals surface area contributed by atoms with Gasteiger partial charge in [0.15, 0.2) is 0 Å². The van der Waals surface area contributed by atoms with Crippen molar-refractivity contribution < 1.29 is 19.1 Å². The second-order valence-electron chi connectivity index (χ2n) is 1.15. The van der Waals surface area contributed by atoms with Crippen LogP contribution in [0.25, 0.3) is 0 Å². The molecule has 0 heterocycles. The molecule has 0 rings (SSSR count). The molecule has 0 aliphatic rings. The van der Waals surface area contributed by atoms with Crippen molar-refractivity contribution in [2.75, 3.05) is 7.11 Å². The molecule has 0 saturated carbocycles. The molecular formula is C4H6N2O4. The summed E-state index contributed by atoms with van der Waals surface area (Å²) in [5.74, 6) is 3.60. The lowest BCUT2D eigenvalue weighted by molar-refractivity contribution is -0.131. The summed E-state index contributed by atoms with van der Waals surface area (Å²) in [7, 11) is 1.08. The van der Waals surface area contributed by atoms with E-state index < -0.39 is 12.1 Å². The van der Waals surface area contributed by atoms with E-state index >= 15 is 0 Å². The Kier molecular flexibility index (Phi) is 3.62. The number of carbonyl (C=O) groups excluding carboxylic acids is 2. The SMILES string of the molecule is COC(=O)OC(=O)C=NN. The number of esters is 1. The van der Waals surface area contributed by atoms with E-state index in [1.165, 1.54) is 0 Å². The van der Waals surface area contributed by atoms with Crippen molar-refractivity contribution in [1.82, 2.24) is 0 Å². The molecule has 0 aromatic rings. The third kappa shape index (κ3) is 3.42. The van der Waals surface area contributed by atoms with Crippen molar-refractivity contribution in [3.63, 3.8) is 0 Å². The molecule has 2 N–H and O–H groups in total. The average molecular weight is 146 g/mol. The van der Waals surface area contributed by atoms with Crippen LogP contribution in [0.1, 0.15) is 0 Å². The van der Waals surface area contributed by atoms with Gasteiger partial charge in [-0.15, -0.1) is 0 Å². The number of nitrogens with two attached hydrogens (primary N) is 1. The molecule has 0 aliphatic carbocycles. The number of rotatable bonds is 1. The fourth-order valence-electron chi connectivity index (χ4n) is 0.211. The van der Waals surface area contributed by atoms with Crippen LogP contribution in [0.4, 0.5) is 4.79 Å². The first kappa shape index (κ1) is 8.41. The standard InChI is InChI=1S/C4H6N2O4/c1-9-4(8)10-3(7)2-6-5/h2H,5H2,1H3. The van der Waals surface area contributed by atoms with Gasteiger partial charge in [-0.25, -0.2) is 9.59 Å². The molecule has 0 atom stereocenters. The van der Waals surface area contributed by atoms with Gasteiger partial charge in [0.2, 0.25) is 0 Å². The molecule has 10 heavy (non-hydrogen) atoms. The monoisotopic (exact) mass is 146 g/mol. The second kappa shape index (κ2) is 4.30. The minimum Gasteiger partial charge on any atom is -0.437 e. The predicted octanol–water partition coefficient (Wildman–Crippen LogP) is -0.760. The van der Waals surface area contributed by atoms with E-state index in [4.69, 9.17) is 0 Å². The van der Waals surface area contributed by atoms with Gasteiger partial charge >= 0.3 is 12.1 Å². The van der Waals surface area contributed by atoms with E-state index in [1.54, 1.807) is 0 Å². The van der Waals surface area contributed by atoms with E-state index in [2.05, 4.69) is 20.4 Å². The van der Waals surface area contributed by atoms with Gasteiger partial charge < -0.3 is 15.3 Å². The Bertz CT molecular complexity index is 165. The van der Waals surface area contributed by atoms with Crippen LogP contribution in [0.2, 0.25) is 0 Å². The number of methoxy groups -OCH3 is 1. The first-order chi connectivity index (χ1) is 4.70. The molecule has 0 aromatic heterocycles. The Balaban J connectivity index is 3.68. The van der Waals surface area contributed by atoms with Crippen molar-refractivity contribution in [3.8, 4) is 0 Å². The maximum absolute atomic E-state index is 10.3. The van der Waals surface area contributed by atoms with Gasteiger partial charge in [-0.1, -0.05) is 0 Å². The summed E-state index contributed by atoms with van der Waals surface area (Å²) >= 11 is 0. The molecule has 0 fully saturated rings. The molecule has 0 unspecified atom stereocenters. The van der Waals surface area contributed by atoms with E-state index in [0.717, 1.165) is 7.11 Å². The Morgan fingerprint density at radius 1 is 1.60 bits per heavy atom. The summed E-state index contributed by atoms with van der Waals surface area (Å²) < 4.78 is 7.89. The minimum absolute atomic E-state index is 0.650. The quantitative estimate of drug-likeness (QED) is 0.172. The van der Waals surface area contributed by atoms with E-state index in [9.17, 15) is 9.59 Å². The summed E-state index contributed by atoms with van der Waals surface area (Å²) in [5, 5.41) is 2.82. The molecule has 0 radical (unpaired) electrons. The van der Waals surface area contributed by atoms with E-state index in [-0.39, 0.29) is 0 Å². The van der Waals surface area contributed by atoms with Crippen molar-refractivity contribution in [2.24, 2.45) is 10.9 Å². The molecule has 56 valence electrons. The van der Waals surface area contributed by atoms with Crippen LogP contribution in [0.3, 0.4) is 0 Å². The zero-order valence-electron chi connectivity index (χ0n) is 5.23. The van der Waals surface area contributed by atoms with Gasteiger partial charge in [-0.05, 0) is 0 Å². The number of hydrogen-bond acceptors (Lipinski definition) is 6. The van der Waals surface area contributed by atoms with Gasteiger partial charge in [-0.3, -0.25) is 0 Å². The fourth-order valence-corrected chi connectivity index (χ4v) is 0.211. The zero-order chi connectivity index (χ0) is 7.98. The maximum Gasteiger partial charge on any atom is 0.516 e. The highest BCUT2D eigenvalue weighted by molar-refractivity contribution is 6.24. The number of hydrogen-bond donors (Lipinski definition) is 1. The largest absolute Gasteiger partial charge is 0.516 e. The fraction of sp³-hybridized carbons (Fsp3) is 0.250. The number of nitrogens with zero attached hydrogens (tertiary/aromatic N) is 1. The van der Waals surface area contributed by atoms with E-state index in [1.807, 2.05) is 0 Å². The van der Waals surface area contributed by atoms with Gasteiger partial charge in [0.1, 0.15) is 6.21 Å². The van der Waals surface area contributed by atoms with Crippen LogP contribution in [0, 0.1) is 0 Å². The van der Waals surface area contributed by atoms with Gasteiger partial charge in [-0.2, -0.15) is 5.10 Å². The Morgan fingerprint density at radius 2 is 2.20 bits per heavy atom. The second-order valence-corrected chi connectivity index (χ2v) is 1.15. The summed E-state index contributed by atoms with van der Waals surface area (Å²) in [6.07, 6.45) is -0.443. The summed E-state index contributed by atoms with van der Waals surface area (Å²) in [5.41, 5.74) is 0. The van der Waals surface area contributed by atoms with Crippen LogP contribution < -0.4 is 5.84 Å². The minimum atomic E-state index is -1.09. The lowest BCUT2D eigenvalue weighted by Gasteiger charge is -1.93. The molecule has 0 spiro atoms. The highest BCUT2D eigenvalue weighted by Gasteiger charge is 2.05. The summed E-state index contributed by atoms with van der Waals surface area (Å²) in [6.45, 7) is 0. The van der Waals surface area contributed by atoms with Crippen LogP contribution >= 0.6 is 0 Å². The third-order valence-electron chi connectivity index (χ3n) is 0.531. The Labute approximate surface area is 56.6 Å². The predicted molar refractivity (Wildman–Crippen MR) is 31.2 cm³/mol. The topological polar surface area (TPSA) is 91.0 Å². The number of carbonyl (C=O) groups is 2. The highest BCUT2D eigenvalue weighted by Crippen LogP contribution is 1.80. The normalized spacial score (nSPS) is 9.30. The lowest BCUT2D eigenvalue weighted by Crippen LogP contribution is -2.13. The molecule has 0 saturated heterocycles. The lowest BCUT2D eigenvalue weighted by atomic mass is 10.8. The zero-order valence-corrected chi connectivity index (χ0v) is 5.23. The third-order valence-corrected chi connectivity index (χ3v) is 0.531. The van der Waals surface area contributed by atoms with Gasteiger partial charge in [0.05, 0.1) is 7.11 Å². The number of ether oxygens (including phenoxy) is 2. The van der Waals surface area contributed by atoms with Crippen molar-refractivity contribution >= 4 is 18.3 Å². The molecule has 6 nitrogen and oxygen atoms in total. The molecule has 0 aliphatic heterocycles. The molecule has 0 aromatic carbocycles. The van der Waals surface area contributed by atoms with Crippen LogP contribution in [0.15, 0.2) is 5.10 Å². The smallest absolute Gasteiger partial charge is 0.437 e. The first-order valence-electron chi connectivity index (χ1n) is 2.23. The van der Waals surface area contributed by atoms with Crippen LogP contribution in [-0.4, -0.2) is 25.4 Å². The van der Waals surface area contributed by atoms with Gasteiger partial charge in [0, 0.05) is 0 Å². The molecule has 6 heteroatoms. The maximum atomic E-state index is 10.3. The Hall–Kier alpha value is -1.59. The van der Waals surface area contributed by atoms with Crippen molar-refractivity contribution in [1.29, 1.82) is 0 Å². The summed E-state index contributed by atoms with van der Waals surface area (Å²) in [4.78, 5) is 20.4. The average Bonchev–Trinajstić information content (AvgIpc) is 1.88. The van der Waals surface area contributed by atoms with Crippen molar-refractivity contribution in [2.45, 2.75) is 0 Å². The highest BCUT2D eigenvalue weighted by atomic mass is 16.7. The summed E-state index contributed by atoms with van der Waals surface area (Å²) in [6, 6.07) is 0. The van der Waals surface area contributed by atoms with E-state index in [0.29, 0.717) is 6.21 Å². The van der Waals surface area contributed by atoms with Gasteiger partial charge in [0.25, 0.3) is 0 Å². The van der Waals surface area contributed by atoms with Crippen molar-refractivity contribution in [3.05, 3.63) is 0 Å². The number of hydrazone groups is 1. The van der Waals surface area contributed by atoms with Crippen LogP contribution in [-0.2, 0) is 14.3 Å². The molecule has 0 amide bonds.